The fourth-order valence-corrected chi connectivity index (χ4v) is 4.08. The first-order chi connectivity index (χ1) is 11.9. The van der Waals surface area contributed by atoms with Gasteiger partial charge in [0.2, 0.25) is 15.9 Å². The van der Waals surface area contributed by atoms with Gasteiger partial charge in [-0.15, -0.1) is 0 Å². The van der Waals surface area contributed by atoms with Crippen molar-refractivity contribution in [3.63, 3.8) is 0 Å². The van der Waals surface area contributed by atoms with Gasteiger partial charge in [-0.3, -0.25) is 9.59 Å². The lowest BCUT2D eigenvalue weighted by Crippen LogP contribution is -2.30. The van der Waals surface area contributed by atoms with Crippen molar-refractivity contribution in [1.29, 1.82) is 0 Å². The maximum Gasteiger partial charge on any atom is 0.251 e. The molecule has 0 atom stereocenters. The second-order valence-corrected chi connectivity index (χ2v) is 7.88. The SMILES string of the molecule is Cc1ccc(CNC(=O)c2cccc(N3C(=O)CCS3(=O)=O)c2)cc1. The number of nitrogens with one attached hydrogen (secondary N) is 1. The Labute approximate surface area is 146 Å². The van der Waals surface area contributed by atoms with Crippen LogP contribution in [0, 0.1) is 6.92 Å². The van der Waals surface area contributed by atoms with Crippen molar-refractivity contribution in [3.8, 4) is 0 Å². The van der Waals surface area contributed by atoms with Crippen LogP contribution in [0.2, 0.25) is 0 Å². The number of hydrogen-bond acceptors (Lipinski definition) is 4. The first kappa shape index (κ1) is 17.2. The molecule has 2 aromatic carbocycles. The van der Waals surface area contributed by atoms with Gasteiger partial charge in [-0.2, -0.15) is 0 Å². The van der Waals surface area contributed by atoms with Crippen molar-refractivity contribution in [2.45, 2.75) is 19.9 Å². The molecule has 2 amide bonds. The molecule has 130 valence electrons. The molecular weight excluding hydrogens is 340 g/mol. The third-order valence-corrected chi connectivity index (χ3v) is 5.69. The lowest BCUT2D eigenvalue weighted by molar-refractivity contribution is -0.116. The molecule has 1 N–H and O–H groups in total. The highest BCUT2D eigenvalue weighted by atomic mass is 32.2. The van der Waals surface area contributed by atoms with Crippen molar-refractivity contribution in [2.75, 3.05) is 10.1 Å². The molecule has 3 rings (SSSR count). The maximum absolute atomic E-state index is 12.3. The number of carbonyl (C=O) groups is 2. The molecule has 0 unspecified atom stereocenters. The normalized spacial score (nSPS) is 16.0. The zero-order chi connectivity index (χ0) is 18.0. The van der Waals surface area contributed by atoms with Gasteiger partial charge in [0.15, 0.2) is 0 Å². The molecule has 0 radical (unpaired) electrons. The summed E-state index contributed by atoms with van der Waals surface area (Å²) in [6.45, 7) is 2.35. The van der Waals surface area contributed by atoms with E-state index < -0.39 is 15.9 Å². The van der Waals surface area contributed by atoms with Crippen LogP contribution in [-0.2, 0) is 21.4 Å². The van der Waals surface area contributed by atoms with Crippen LogP contribution in [0.1, 0.15) is 27.9 Å². The quantitative estimate of drug-likeness (QED) is 0.906. The van der Waals surface area contributed by atoms with Crippen LogP contribution >= 0.6 is 0 Å². The van der Waals surface area contributed by atoms with E-state index in [0.29, 0.717) is 12.1 Å². The number of anilines is 1. The Hall–Kier alpha value is -2.67. The van der Waals surface area contributed by atoms with Crippen LogP contribution in [0.15, 0.2) is 48.5 Å². The van der Waals surface area contributed by atoms with E-state index in [9.17, 15) is 18.0 Å². The average Bonchev–Trinajstić information content (AvgIpc) is 2.87. The minimum Gasteiger partial charge on any atom is -0.348 e. The van der Waals surface area contributed by atoms with E-state index in [1.54, 1.807) is 12.1 Å². The maximum atomic E-state index is 12.3. The molecule has 0 bridgehead atoms. The van der Waals surface area contributed by atoms with Gasteiger partial charge in [-0.1, -0.05) is 35.9 Å². The van der Waals surface area contributed by atoms with Crippen molar-refractivity contribution in [3.05, 3.63) is 65.2 Å². The van der Waals surface area contributed by atoms with E-state index in [1.807, 2.05) is 31.2 Å². The molecule has 1 saturated heterocycles. The summed E-state index contributed by atoms with van der Waals surface area (Å²) in [5.41, 5.74) is 2.61. The molecule has 25 heavy (non-hydrogen) atoms. The molecule has 6 nitrogen and oxygen atoms in total. The predicted molar refractivity (Wildman–Crippen MR) is 94.7 cm³/mol. The fraction of sp³-hybridized carbons (Fsp3) is 0.222. The van der Waals surface area contributed by atoms with Gasteiger partial charge in [-0.05, 0) is 30.7 Å². The average molecular weight is 358 g/mol. The van der Waals surface area contributed by atoms with Crippen molar-refractivity contribution in [1.82, 2.24) is 5.32 Å². The molecule has 0 aromatic heterocycles. The number of nitrogens with zero attached hydrogens (tertiary/aromatic N) is 1. The largest absolute Gasteiger partial charge is 0.348 e. The standard InChI is InChI=1S/C18H18N2O4S/c1-13-5-7-14(8-6-13)12-19-18(22)15-3-2-4-16(11-15)20-17(21)9-10-25(20,23)24/h2-8,11H,9-10,12H2,1H3,(H,19,22). The second-order valence-electron chi connectivity index (χ2n) is 5.94. The Balaban J connectivity index is 1.76. The van der Waals surface area contributed by atoms with Crippen molar-refractivity contribution >= 4 is 27.5 Å². The summed E-state index contributed by atoms with van der Waals surface area (Å²) in [5, 5.41) is 2.79. The number of rotatable bonds is 4. The van der Waals surface area contributed by atoms with Crippen LogP contribution in [0.25, 0.3) is 0 Å². The predicted octanol–water partition coefficient (Wildman–Crippen LogP) is 1.99. The Bertz CT molecular complexity index is 920. The lowest BCUT2D eigenvalue weighted by Gasteiger charge is -2.15. The van der Waals surface area contributed by atoms with E-state index in [2.05, 4.69) is 5.32 Å². The summed E-state index contributed by atoms with van der Waals surface area (Å²) in [6, 6.07) is 13.9. The summed E-state index contributed by atoms with van der Waals surface area (Å²) in [5.74, 6) is -1.00. The smallest absolute Gasteiger partial charge is 0.251 e. The van der Waals surface area contributed by atoms with E-state index in [4.69, 9.17) is 0 Å². The van der Waals surface area contributed by atoms with Crippen LogP contribution in [0.5, 0.6) is 0 Å². The van der Waals surface area contributed by atoms with E-state index in [1.165, 1.54) is 12.1 Å². The first-order valence-electron chi connectivity index (χ1n) is 7.86. The van der Waals surface area contributed by atoms with Crippen LogP contribution in [0.4, 0.5) is 5.69 Å². The molecule has 7 heteroatoms. The third kappa shape index (κ3) is 3.71. The molecular formula is C18H18N2O4S. The van der Waals surface area contributed by atoms with Gasteiger partial charge in [0.1, 0.15) is 0 Å². The Kier molecular flexibility index (Phi) is 4.59. The highest BCUT2D eigenvalue weighted by Gasteiger charge is 2.36. The summed E-state index contributed by atoms with van der Waals surface area (Å²) in [6.07, 6.45) is -0.0355. The van der Waals surface area contributed by atoms with Gasteiger partial charge in [0.25, 0.3) is 5.91 Å². The number of amides is 2. The second kappa shape index (κ2) is 6.68. The van der Waals surface area contributed by atoms with E-state index in [-0.39, 0.29) is 23.8 Å². The van der Waals surface area contributed by atoms with Crippen LogP contribution in [-0.4, -0.2) is 26.0 Å². The van der Waals surface area contributed by atoms with Gasteiger partial charge in [-0.25, -0.2) is 12.7 Å². The van der Waals surface area contributed by atoms with Crippen molar-refractivity contribution in [2.24, 2.45) is 0 Å². The topological polar surface area (TPSA) is 83.6 Å². The van der Waals surface area contributed by atoms with E-state index in [0.717, 1.165) is 15.4 Å². The highest BCUT2D eigenvalue weighted by Crippen LogP contribution is 2.25. The minimum absolute atomic E-state index is 0.0355. The van der Waals surface area contributed by atoms with Crippen LogP contribution < -0.4 is 9.62 Å². The third-order valence-electron chi connectivity index (χ3n) is 4.00. The van der Waals surface area contributed by atoms with Gasteiger partial charge < -0.3 is 5.32 Å². The number of carbonyl (C=O) groups excluding carboxylic acids is 2. The molecule has 1 heterocycles. The number of benzene rings is 2. The van der Waals surface area contributed by atoms with Crippen LogP contribution in [0.3, 0.4) is 0 Å². The monoisotopic (exact) mass is 358 g/mol. The minimum atomic E-state index is -3.64. The van der Waals surface area contributed by atoms with Gasteiger partial charge >= 0.3 is 0 Å². The van der Waals surface area contributed by atoms with Crippen molar-refractivity contribution < 1.29 is 18.0 Å². The first-order valence-corrected chi connectivity index (χ1v) is 9.47. The molecule has 2 aromatic rings. The summed E-state index contributed by atoms with van der Waals surface area (Å²) in [7, 11) is -3.64. The van der Waals surface area contributed by atoms with Gasteiger partial charge in [0.05, 0.1) is 11.4 Å². The molecule has 1 aliphatic rings. The number of hydrogen-bond donors (Lipinski definition) is 1. The summed E-state index contributed by atoms with van der Waals surface area (Å²) < 4.78 is 24.8. The molecule has 1 fully saturated rings. The molecule has 1 aliphatic heterocycles. The Morgan fingerprint density at radius 3 is 2.52 bits per heavy atom. The fourth-order valence-electron chi connectivity index (χ4n) is 2.63. The summed E-state index contributed by atoms with van der Waals surface area (Å²) >= 11 is 0. The zero-order valence-electron chi connectivity index (χ0n) is 13.7. The number of aryl methyl sites for hydroxylation is 1. The number of sulfonamides is 1. The Morgan fingerprint density at radius 2 is 1.88 bits per heavy atom. The van der Waals surface area contributed by atoms with Gasteiger partial charge in [0, 0.05) is 18.5 Å². The lowest BCUT2D eigenvalue weighted by atomic mass is 10.1. The molecule has 0 spiro atoms. The zero-order valence-corrected chi connectivity index (χ0v) is 14.5. The molecule has 0 aliphatic carbocycles. The molecule has 0 saturated carbocycles. The summed E-state index contributed by atoms with van der Waals surface area (Å²) in [4.78, 5) is 24.2. The van der Waals surface area contributed by atoms with E-state index >= 15 is 0 Å². The highest BCUT2D eigenvalue weighted by molar-refractivity contribution is 7.94. The Morgan fingerprint density at radius 1 is 1.16 bits per heavy atom.